The van der Waals surface area contributed by atoms with Crippen LogP contribution in [0.1, 0.15) is 12.8 Å². The fourth-order valence-electron chi connectivity index (χ4n) is 1.14. The van der Waals surface area contributed by atoms with Crippen molar-refractivity contribution in [2.75, 3.05) is 6.61 Å². The van der Waals surface area contributed by atoms with E-state index in [9.17, 15) is 4.79 Å². The number of carbonyl (C=O) groups excluding carboxylic acids is 1. The summed E-state index contributed by atoms with van der Waals surface area (Å²) in [7, 11) is 0. The van der Waals surface area contributed by atoms with Gasteiger partial charge >= 0.3 is 5.97 Å². The predicted molar refractivity (Wildman–Crippen MR) is 38.5 cm³/mol. The molecule has 0 aromatic heterocycles. The number of rotatable bonds is 2. The zero-order valence-electron chi connectivity index (χ0n) is 6.12. The molecule has 0 bridgehead atoms. The second kappa shape index (κ2) is 3.40. The van der Waals surface area contributed by atoms with Gasteiger partial charge in [-0.05, 0) is 0 Å². The Labute approximate surface area is 65.4 Å². The molecular weight excluding hydrogens is 144 g/mol. The lowest BCUT2D eigenvalue weighted by Gasteiger charge is -2.01. The average molecular weight is 154 g/mol. The quantitative estimate of drug-likeness (QED) is 0.447. The van der Waals surface area contributed by atoms with Crippen molar-refractivity contribution in [3.05, 3.63) is 0 Å². The van der Waals surface area contributed by atoms with Crippen LogP contribution in [0, 0.1) is 18.3 Å². The van der Waals surface area contributed by atoms with Crippen molar-refractivity contribution in [1.29, 1.82) is 0 Å². The van der Waals surface area contributed by atoms with E-state index in [2.05, 4.69) is 5.92 Å². The van der Waals surface area contributed by atoms with Crippen LogP contribution in [0.15, 0.2) is 0 Å². The molecule has 0 radical (unpaired) electrons. The summed E-state index contributed by atoms with van der Waals surface area (Å²) in [5.41, 5.74) is 0. The minimum absolute atomic E-state index is 0.104. The van der Waals surface area contributed by atoms with E-state index in [0.29, 0.717) is 12.8 Å². The Morgan fingerprint density at radius 3 is 3.00 bits per heavy atom. The molecule has 0 spiro atoms. The predicted octanol–water partition coefficient (Wildman–Crippen LogP) is -0.0663. The molecule has 1 heterocycles. The normalized spacial score (nSPS) is 29.6. The van der Waals surface area contributed by atoms with Crippen LogP contribution < -0.4 is 0 Å². The van der Waals surface area contributed by atoms with Crippen molar-refractivity contribution < 1.29 is 14.6 Å². The van der Waals surface area contributed by atoms with Crippen LogP contribution in [-0.2, 0) is 9.53 Å². The third kappa shape index (κ3) is 1.72. The lowest BCUT2D eigenvalue weighted by Crippen LogP contribution is -2.10. The van der Waals surface area contributed by atoms with Crippen LogP contribution in [0.3, 0.4) is 0 Å². The number of cyclic esters (lactones) is 1. The van der Waals surface area contributed by atoms with Crippen molar-refractivity contribution in [2.45, 2.75) is 18.9 Å². The van der Waals surface area contributed by atoms with Crippen molar-refractivity contribution in [3.63, 3.8) is 0 Å². The lowest BCUT2D eigenvalue weighted by atomic mass is 10.0. The summed E-state index contributed by atoms with van der Waals surface area (Å²) in [6, 6.07) is 0. The summed E-state index contributed by atoms with van der Waals surface area (Å²) < 4.78 is 4.79. The molecule has 0 aromatic carbocycles. The van der Waals surface area contributed by atoms with Gasteiger partial charge < -0.3 is 9.84 Å². The van der Waals surface area contributed by atoms with Gasteiger partial charge in [0.15, 0.2) is 0 Å². The fourth-order valence-corrected chi connectivity index (χ4v) is 1.14. The second-order valence-corrected chi connectivity index (χ2v) is 2.58. The summed E-state index contributed by atoms with van der Waals surface area (Å²) in [5, 5.41) is 8.64. The number of hydrogen-bond donors (Lipinski definition) is 1. The molecule has 1 aliphatic heterocycles. The van der Waals surface area contributed by atoms with Crippen LogP contribution >= 0.6 is 0 Å². The van der Waals surface area contributed by atoms with E-state index in [1.165, 1.54) is 0 Å². The Bertz CT molecular complexity index is 192. The van der Waals surface area contributed by atoms with Crippen LogP contribution in [0.25, 0.3) is 0 Å². The Morgan fingerprint density at radius 1 is 1.82 bits per heavy atom. The third-order valence-electron chi connectivity index (χ3n) is 1.73. The average Bonchev–Trinajstić information content (AvgIpc) is 2.33. The maximum Gasteiger partial charge on any atom is 0.310 e. The highest BCUT2D eigenvalue weighted by Crippen LogP contribution is 2.22. The van der Waals surface area contributed by atoms with Crippen LogP contribution in [0.2, 0.25) is 0 Å². The van der Waals surface area contributed by atoms with Crippen molar-refractivity contribution in [2.24, 2.45) is 5.92 Å². The standard InChI is InChI=1S/C8H10O3/c1-2-3-6-4-7(5-9)11-8(6)10/h1,6-7,9H,3-5H2/t6-,7+/m1/s1. The second-order valence-electron chi connectivity index (χ2n) is 2.58. The molecule has 1 rings (SSSR count). The lowest BCUT2D eigenvalue weighted by molar-refractivity contribution is -0.145. The molecule has 2 atom stereocenters. The topological polar surface area (TPSA) is 46.5 Å². The molecule has 0 saturated carbocycles. The molecule has 1 aliphatic rings. The van der Waals surface area contributed by atoms with E-state index >= 15 is 0 Å². The number of aliphatic hydroxyl groups excluding tert-OH is 1. The highest BCUT2D eigenvalue weighted by atomic mass is 16.6. The van der Waals surface area contributed by atoms with Crippen LogP contribution in [-0.4, -0.2) is 23.8 Å². The summed E-state index contributed by atoms with van der Waals surface area (Å²) in [6.07, 6.45) is 5.67. The third-order valence-corrected chi connectivity index (χ3v) is 1.73. The monoisotopic (exact) mass is 154 g/mol. The molecule has 3 nitrogen and oxygen atoms in total. The molecule has 11 heavy (non-hydrogen) atoms. The maximum atomic E-state index is 10.9. The number of carbonyl (C=O) groups is 1. The minimum atomic E-state index is -0.333. The molecule has 60 valence electrons. The number of terminal acetylenes is 1. The Balaban J connectivity index is 2.46. The van der Waals surface area contributed by atoms with Crippen molar-refractivity contribution >= 4 is 5.97 Å². The number of hydrogen-bond acceptors (Lipinski definition) is 3. The molecule has 0 unspecified atom stereocenters. The van der Waals surface area contributed by atoms with Crippen molar-refractivity contribution in [1.82, 2.24) is 0 Å². The van der Waals surface area contributed by atoms with Gasteiger partial charge in [0.1, 0.15) is 6.10 Å². The van der Waals surface area contributed by atoms with Gasteiger partial charge in [-0.1, -0.05) is 0 Å². The van der Waals surface area contributed by atoms with E-state index in [-0.39, 0.29) is 24.6 Å². The minimum Gasteiger partial charge on any atom is -0.460 e. The fraction of sp³-hybridized carbons (Fsp3) is 0.625. The molecule has 0 amide bonds. The van der Waals surface area contributed by atoms with Gasteiger partial charge in [-0.25, -0.2) is 0 Å². The molecule has 1 saturated heterocycles. The van der Waals surface area contributed by atoms with Gasteiger partial charge in [-0.3, -0.25) is 4.79 Å². The van der Waals surface area contributed by atoms with E-state index in [4.69, 9.17) is 16.3 Å². The van der Waals surface area contributed by atoms with E-state index in [1.54, 1.807) is 0 Å². The van der Waals surface area contributed by atoms with Gasteiger partial charge in [0.25, 0.3) is 0 Å². The number of aliphatic hydroxyl groups is 1. The maximum absolute atomic E-state index is 10.9. The van der Waals surface area contributed by atoms with E-state index in [0.717, 1.165) is 0 Å². The smallest absolute Gasteiger partial charge is 0.310 e. The van der Waals surface area contributed by atoms with E-state index in [1.807, 2.05) is 0 Å². The zero-order valence-corrected chi connectivity index (χ0v) is 6.12. The molecular formula is C8H10O3. The summed E-state index contributed by atoms with van der Waals surface area (Å²) in [6.45, 7) is -0.104. The Morgan fingerprint density at radius 2 is 2.55 bits per heavy atom. The summed E-state index contributed by atoms with van der Waals surface area (Å²) >= 11 is 0. The van der Waals surface area contributed by atoms with Gasteiger partial charge in [0.2, 0.25) is 0 Å². The SMILES string of the molecule is C#CC[C@@H]1C[C@@H](CO)OC1=O. The highest BCUT2D eigenvalue weighted by Gasteiger charge is 2.32. The van der Waals surface area contributed by atoms with Crippen molar-refractivity contribution in [3.8, 4) is 12.3 Å². The number of ether oxygens (including phenoxy) is 1. The largest absolute Gasteiger partial charge is 0.460 e. The first-order valence-electron chi connectivity index (χ1n) is 3.52. The van der Waals surface area contributed by atoms with Crippen LogP contribution in [0.4, 0.5) is 0 Å². The summed E-state index contributed by atoms with van der Waals surface area (Å²) in [5.74, 6) is 1.93. The first-order chi connectivity index (χ1) is 5.27. The summed E-state index contributed by atoms with van der Waals surface area (Å²) in [4.78, 5) is 10.9. The van der Waals surface area contributed by atoms with Gasteiger partial charge in [0, 0.05) is 12.8 Å². The Hall–Kier alpha value is -1.01. The molecule has 0 aliphatic carbocycles. The first-order valence-corrected chi connectivity index (χ1v) is 3.52. The molecule has 1 fully saturated rings. The van der Waals surface area contributed by atoms with Gasteiger partial charge in [0.05, 0.1) is 12.5 Å². The van der Waals surface area contributed by atoms with Gasteiger partial charge in [-0.2, -0.15) is 0 Å². The first kappa shape index (κ1) is 8.09. The van der Waals surface area contributed by atoms with Gasteiger partial charge in [-0.15, -0.1) is 12.3 Å². The van der Waals surface area contributed by atoms with E-state index < -0.39 is 0 Å². The Kier molecular flexibility index (Phi) is 2.50. The molecule has 0 aromatic rings. The molecule has 3 heteroatoms. The van der Waals surface area contributed by atoms with Crippen LogP contribution in [0.5, 0.6) is 0 Å². The zero-order chi connectivity index (χ0) is 8.27. The highest BCUT2D eigenvalue weighted by molar-refractivity contribution is 5.74. The molecule has 1 N–H and O–H groups in total. The number of esters is 1.